The highest BCUT2D eigenvalue weighted by Crippen LogP contribution is 2.31. The minimum atomic E-state index is -0.950. The van der Waals surface area contributed by atoms with Crippen LogP contribution in [-0.2, 0) is 4.74 Å². The Balaban J connectivity index is 1.82. The number of rotatable bonds is 6. The Morgan fingerprint density at radius 2 is 1.71 bits per heavy atom. The fourth-order valence-electron chi connectivity index (χ4n) is 3.86. The van der Waals surface area contributed by atoms with Crippen LogP contribution in [0, 0.1) is 24.4 Å². The first kappa shape index (κ1) is 26.6. The number of amides is 1. The first-order chi connectivity index (χ1) is 17.9. The molecule has 0 aliphatic rings. The van der Waals surface area contributed by atoms with Crippen LogP contribution in [0.1, 0.15) is 26.3 Å². The van der Waals surface area contributed by atoms with Crippen LogP contribution < -0.4 is 16.2 Å². The van der Waals surface area contributed by atoms with Crippen LogP contribution in [0.3, 0.4) is 0 Å². The van der Waals surface area contributed by atoms with E-state index in [-0.39, 0.29) is 24.7 Å². The van der Waals surface area contributed by atoms with Crippen molar-refractivity contribution in [2.45, 2.75) is 33.3 Å². The quantitative estimate of drug-likeness (QED) is 0.340. The topological polar surface area (TPSA) is 98.1 Å². The normalized spacial score (nSPS) is 11.4. The molecule has 2 N–H and O–H groups in total. The number of halogens is 3. The van der Waals surface area contributed by atoms with Crippen molar-refractivity contribution in [2.75, 3.05) is 18.4 Å². The van der Waals surface area contributed by atoms with Crippen LogP contribution in [0.2, 0.25) is 0 Å². The van der Waals surface area contributed by atoms with Gasteiger partial charge in [0.2, 0.25) is 5.95 Å². The number of aryl methyl sites for hydroxylation is 1. The summed E-state index contributed by atoms with van der Waals surface area (Å²) in [5.74, 6) is -2.32. The van der Waals surface area contributed by atoms with Crippen LogP contribution in [-0.4, -0.2) is 39.3 Å². The average molecular weight is 526 g/mol. The molecule has 2 heterocycles. The summed E-state index contributed by atoms with van der Waals surface area (Å²) in [5.41, 5.74) is -0.601. The van der Waals surface area contributed by atoms with Gasteiger partial charge in [0, 0.05) is 30.1 Å². The van der Waals surface area contributed by atoms with Crippen molar-refractivity contribution in [1.82, 2.24) is 19.9 Å². The molecule has 0 bridgehead atoms. The second kappa shape index (κ2) is 10.5. The van der Waals surface area contributed by atoms with E-state index in [1.165, 1.54) is 30.3 Å². The molecule has 0 saturated carbocycles. The van der Waals surface area contributed by atoms with Crippen molar-refractivity contribution in [3.63, 3.8) is 0 Å². The van der Waals surface area contributed by atoms with Crippen molar-refractivity contribution in [3.05, 3.63) is 81.9 Å². The van der Waals surface area contributed by atoms with Gasteiger partial charge < -0.3 is 15.4 Å². The van der Waals surface area contributed by atoms with Crippen LogP contribution in [0.5, 0.6) is 0 Å². The third-order valence-electron chi connectivity index (χ3n) is 5.43. The SMILES string of the molecule is Cc1cc(F)ccc1-c1nc(NCCNC(=O)OC(C)(C)C)nc2c1ccc(=O)n2-c1c(F)cccc1F. The third kappa shape index (κ3) is 5.77. The molecule has 2 aromatic heterocycles. The highest BCUT2D eigenvalue weighted by molar-refractivity contribution is 5.93. The molecule has 0 spiro atoms. The molecule has 0 unspecified atom stereocenters. The van der Waals surface area contributed by atoms with Gasteiger partial charge in [-0.05, 0) is 69.7 Å². The maximum Gasteiger partial charge on any atom is 0.407 e. The minimum Gasteiger partial charge on any atom is -0.444 e. The van der Waals surface area contributed by atoms with Crippen LogP contribution in [0.15, 0.2) is 53.3 Å². The molecular weight excluding hydrogens is 499 g/mol. The van der Waals surface area contributed by atoms with E-state index in [0.717, 1.165) is 22.8 Å². The standard InChI is InChI=1S/C27H26F3N5O3/c1-15-14-16(28)8-9-17(15)22-18-10-11-21(36)35(23-19(29)6-5-7-20(23)30)24(18)34-25(33-22)31-12-13-32-26(37)38-27(2,3)4/h5-11,14H,12-13H2,1-4H3,(H,32,37)(H,31,33,34). The van der Waals surface area contributed by atoms with E-state index in [2.05, 4.69) is 20.6 Å². The van der Waals surface area contributed by atoms with Gasteiger partial charge in [-0.25, -0.2) is 22.9 Å². The number of carbonyl (C=O) groups is 1. The fraction of sp³-hybridized carbons (Fsp3) is 0.259. The molecule has 2 aromatic carbocycles. The number of aromatic nitrogens is 3. The molecule has 4 aromatic rings. The lowest BCUT2D eigenvalue weighted by atomic mass is 10.0. The number of fused-ring (bicyclic) bond motifs is 1. The molecule has 8 nitrogen and oxygen atoms in total. The van der Waals surface area contributed by atoms with Gasteiger partial charge in [-0.15, -0.1) is 0 Å². The van der Waals surface area contributed by atoms with E-state index < -0.39 is 40.4 Å². The molecule has 38 heavy (non-hydrogen) atoms. The monoisotopic (exact) mass is 525 g/mol. The summed E-state index contributed by atoms with van der Waals surface area (Å²) in [6, 6.07) is 10.0. The molecule has 0 saturated heterocycles. The van der Waals surface area contributed by atoms with Gasteiger partial charge in [0.1, 0.15) is 28.7 Å². The average Bonchev–Trinajstić information content (AvgIpc) is 2.81. The van der Waals surface area contributed by atoms with Crippen molar-refractivity contribution in [2.24, 2.45) is 0 Å². The van der Waals surface area contributed by atoms with E-state index in [4.69, 9.17) is 4.74 Å². The van der Waals surface area contributed by atoms with Crippen LogP contribution >= 0.6 is 0 Å². The lowest BCUT2D eigenvalue weighted by Crippen LogP contribution is -2.35. The Kier molecular flexibility index (Phi) is 7.38. The van der Waals surface area contributed by atoms with Gasteiger partial charge in [-0.2, -0.15) is 4.98 Å². The summed E-state index contributed by atoms with van der Waals surface area (Å²) in [6.45, 7) is 7.22. The fourth-order valence-corrected chi connectivity index (χ4v) is 3.86. The molecule has 11 heteroatoms. The van der Waals surface area contributed by atoms with Gasteiger partial charge in [0.25, 0.3) is 5.56 Å². The number of ether oxygens (including phenoxy) is 1. The number of hydrogen-bond acceptors (Lipinski definition) is 6. The van der Waals surface area contributed by atoms with Crippen molar-refractivity contribution >= 4 is 23.1 Å². The van der Waals surface area contributed by atoms with Gasteiger partial charge in [-0.3, -0.25) is 9.36 Å². The van der Waals surface area contributed by atoms with Crippen molar-refractivity contribution in [3.8, 4) is 16.9 Å². The van der Waals surface area contributed by atoms with E-state index in [1.807, 2.05) is 0 Å². The highest BCUT2D eigenvalue weighted by Gasteiger charge is 2.20. The number of carbonyl (C=O) groups excluding carboxylic acids is 1. The van der Waals surface area contributed by atoms with E-state index >= 15 is 0 Å². The lowest BCUT2D eigenvalue weighted by Gasteiger charge is -2.19. The summed E-state index contributed by atoms with van der Waals surface area (Å²) < 4.78 is 49.4. The number of nitrogens with one attached hydrogen (secondary N) is 2. The highest BCUT2D eigenvalue weighted by atomic mass is 19.1. The second-order valence-electron chi connectivity index (χ2n) is 9.53. The van der Waals surface area contributed by atoms with Gasteiger partial charge in [0.05, 0.1) is 5.69 Å². The first-order valence-corrected chi connectivity index (χ1v) is 11.8. The number of hydrogen-bond donors (Lipinski definition) is 2. The molecule has 0 radical (unpaired) electrons. The molecule has 0 aliphatic carbocycles. The number of pyridine rings is 1. The summed E-state index contributed by atoms with van der Waals surface area (Å²) in [4.78, 5) is 33.8. The number of anilines is 1. The van der Waals surface area contributed by atoms with Crippen molar-refractivity contribution < 1.29 is 22.7 Å². The minimum absolute atomic E-state index is 0.0262. The second-order valence-corrected chi connectivity index (χ2v) is 9.53. The summed E-state index contributed by atoms with van der Waals surface area (Å²) in [7, 11) is 0. The molecular formula is C27H26F3N5O3. The van der Waals surface area contributed by atoms with E-state index in [1.54, 1.807) is 27.7 Å². The predicted octanol–water partition coefficient (Wildman–Crippen LogP) is 5.11. The maximum absolute atomic E-state index is 14.8. The molecule has 4 rings (SSSR count). The zero-order valence-corrected chi connectivity index (χ0v) is 21.2. The smallest absolute Gasteiger partial charge is 0.407 e. The molecule has 0 atom stereocenters. The summed E-state index contributed by atoms with van der Waals surface area (Å²) in [6.07, 6.45) is -0.606. The Morgan fingerprint density at radius 3 is 2.37 bits per heavy atom. The molecule has 198 valence electrons. The number of nitrogens with zero attached hydrogens (tertiary/aromatic N) is 3. The van der Waals surface area contributed by atoms with Gasteiger partial charge >= 0.3 is 6.09 Å². The largest absolute Gasteiger partial charge is 0.444 e. The number of benzene rings is 2. The van der Waals surface area contributed by atoms with E-state index in [9.17, 15) is 22.8 Å². The predicted molar refractivity (Wildman–Crippen MR) is 138 cm³/mol. The van der Waals surface area contributed by atoms with E-state index in [0.29, 0.717) is 22.2 Å². The Morgan fingerprint density at radius 1 is 1.00 bits per heavy atom. The molecule has 1 amide bonds. The molecule has 0 aliphatic heterocycles. The third-order valence-corrected chi connectivity index (χ3v) is 5.43. The van der Waals surface area contributed by atoms with Crippen LogP contribution in [0.4, 0.5) is 23.9 Å². The lowest BCUT2D eigenvalue weighted by molar-refractivity contribution is 0.0530. The Labute approximate surface area is 216 Å². The number of para-hydroxylation sites is 1. The maximum atomic E-state index is 14.8. The van der Waals surface area contributed by atoms with Crippen LogP contribution in [0.25, 0.3) is 28.0 Å². The zero-order chi connectivity index (χ0) is 27.6. The Hall–Kier alpha value is -4.41. The summed E-state index contributed by atoms with van der Waals surface area (Å²) in [5, 5.41) is 5.87. The van der Waals surface area contributed by atoms with Gasteiger partial charge in [-0.1, -0.05) is 6.07 Å². The number of alkyl carbamates (subject to hydrolysis) is 1. The molecule has 0 fully saturated rings. The zero-order valence-electron chi connectivity index (χ0n) is 21.2. The Bertz CT molecular complexity index is 1560. The van der Waals surface area contributed by atoms with Crippen molar-refractivity contribution in [1.29, 1.82) is 0 Å². The first-order valence-electron chi connectivity index (χ1n) is 11.8. The van der Waals surface area contributed by atoms with Gasteiger partial charge in [0.15, 0.2) is 5.65 Å². The summed E-state index contributed by atoms with van der Waals surface area (Å²) >= 11 is 0.